The maximum Gasteiger partial charge on any atom is 0.0540 e. The van der Waals surface area contributed by atoms with E-state index in [2.05, 4.69) is 47.0 Å². The standard InChI is InChI=1S/C15H25N3S/c1-3-19-12-8-7-11(9-12)17-14-5-4-6-15-13(14)10-16-18(15)2/h10-12,14,17H,3-9H2,1-2H3/t11-,12+,14-/m0/s1. The van der Waals surface area contributed by atoms with Gasteiger partial charge < -0.3 is 5.32 Å². The lowest BCUT2D eigenvalue weighted by Crippen LogP contribution is -2.33. The molecule has 3 rings (SSSR count). The number of fused-ring (bicyclic) bond motifs is 1. The Kier molecular flexibility index (Phi) is 4.18. The fourth-order valence-corrected chi connectivity index (χ4v) is 4.78. The molecule has 1 heterocycles. The fraction of sp³-hybridized carbons (Fsp3) is 0.800. The van der Waals surface area contributed by atoms with E-state index in [-0.39, 0.29) is 0 Å². The molecule has 0 aromatic carbocycles. The van der Waals surface area contributed by atoms with E-state index >= 15 is 0 Å². The molecule has 106 valence electrons. The SMILES string of the molecule is CCS[C@@H]1CC[C@H](N[C@H]2CCCc3c2cnn3C)C1. The van der Waals surface area contributed by atoms with Crippen molar-refractivity contribution in [1.29, 1.82) is 0 Å². The number of rotatable bonds is 4. The molecule has 1 fully saturated rings. The molecule has 0 saturated heterocycles. The molecule has 0 radical (unpaired) electrons. The zero-order valence-electron chi connectivity index (χ0n) is 12.1. The van der Waals surface area contributed by atoms with Crippen molar-refractivity contribution in [1.82, 2.24) is 15.1 Å². The predicted octanol–water partition coefficient (Wildman–Crippen LogP) is 3.06. The van der Waals surface area contributed by atoms with E-state index in [0.717, 1.165) is 11.3 Å². The van der Waals surface area contributed by atoms with Crippen molar-refractivity contribution in [2.45, 2.75) is 62.8 Å². The minimum Gasteiger partial charge on any atom is -0.307 e. The average Bonchev–Trinajstić information content (AvgIpc) is 2.99. The summed E-state index contributed by atoms with van der Waals surface area (Å²) in [4.78, 5) is 0. The second-order valence-electron chi connectivity index (χ2n) is 5.87. The molecule has 4 heteroatoms. The van der Waals surface area contributed by atoms with Gasteiger partial charge in [-0.1, -0.05) is 6.92 Å². The first-order valence-electron chi connectivity index (χ1n) is 7.66. The maximum atomic E-state index is 4.44. The minimum absolute atomic E-state index is 0.549. The van der Waals surface area contributed by atoms with Crippen LogP contribution in [0.15, 0.2) is 6.20 Å². The Hall–Kier alpha value is -0.480. The van der Waals surface area contributed by atoms with Crippen molar-refractivity contribution in [3.63, 3.8) is 0 Å². The van der Waals surface area contributed by atoms with Gasteiger partial charge in [0.05, 0.1) is 6.20 Å². The number of thioether (sulfide) groups is 1. The highest BCUT2D eigenvalue weighted by Gasteiger charge is 2.29. The highest BCUT2D eigenvalue weighted by atomic mass is 32.2. The quantitative estimate of drug-likeness (QED) is 0.918. The number of hydrogen-bond donors (Lipinski definition) is 1. The predicted molar refractivity (Wildman–Crippen MR) is 81.6 cm³/mol. The number of aryl methyl sites for hydroxylation is 1. The number of aromatic nitrogens is 2. The molecule has 0 aliphatic heterocycles. The first-order chi connectivity index (χ1) is 9.28. The molecule has 2 aliphatic rings. The van der Waals surface area contributed by atoms with Crippen molar-refractivity contribution in [3.8, 4) is 0 Å². The summed E-state index contributed by atoms with van der Waals surface area (Å²) in [6.45, 7) is 2.27. The fourth-order valence-electron chi connectivity index (χ4n) is 3.64. The van der Waals surface area contributed by atoms with Crippen molar-refractivity contribution >= 4 is 11.8 Å². The topological polar surface area (TPSA) is 29.9 Å². The third kappa shape index (κ3) is 2.84. The monoisotopic (exact) mass is 279 g/mol. The van der Waals surface area contributed by atoms with Crippen LogP contribution in [0.1, 0.15) is 56.3 Å². The van der Waals surface area contributed by atoms with Gasteiger partial charge in [0, 0.05) is 35.6 Å². The zero-order valence-corrected chi connectivity index (χ0v) is 12.9. The highest BCUT2D eigenvalue weighted by Crippen LogP contribution is 2.34. The lowest BCUT2D eigenvalue weighted by molar-refractivity contribution is 0.394. The van der Waals surface area contributed by atoms with E-state index in [1.165, 1.54) is 55.5 Å². The smallest absolute Gasteiger partial charge is 0.0540 e. The van der Waals surface area contributed by atoms with Gasteiger partial charge in [0.1, 0.15) is 0 Å². The van der Waals surface area contributed by atoms with E-state index in [1.54, 1.807) is 0 Å². The Labute approximate surface area is 120 Å². The zero-order chi connectivity index (χ0) is 13.2. The molecule has 2 aliphatic carbocycles. The van der Waals surface area contributed by atoms with E-state index < -0.39 is 0 Å². The van der Waals surface area contributed by atoms with Gasteiger partial charge >= 0.3 is 0 Å². The highest BCUT2D eigenvalue weighted by molar-refractivity contribution is 7.99. The van der Waals surface area contributed by atoms with Crippen LogP contribution in [0.25, 0.3) is 0 Å². The number of nitrogens with zero attached hydrogens (tertiary/aromatic N) is 2. The molecule has 1 N–H and O–H groups in total. The normalized spacial score (nSPS) is 30.5. The summed E-state index contributed by atoms with van der Waals surface area (Å²) in [7, 11) is 2.07. The summed E-state index contributed by atoms with van der Waals surface area (Å²) in [5.74, 6) is 1.26. The summed E-state index contributed by atoms with van der Waals surface area (Å²) in [5, 5.41) is 9.24. The third-order valence-corrected chi connectivity index (χ3v) is 5.83. The summed E-state index contributed by atoms with van der Waals surface area (Å²) in [5.41, 5.74) is 2.90. The van der Waals surface area contributed by atoms with Gasteiger partial charge in [-0.25, -0.2) is 0 Å². The van der Waals surface area contributed by atoms with Gasteiger partial charge in [-0.2, -0.15) is 16.9 Å². The summed E-state index contributed by atoms with van der Waals surface area (Å²) < 4.78 is 2.06. The van der Waals surface area contributed by atoms with Gasteiger partial charge in [-0.3, -0.25) is 4.68 Å². The lowest BCUT2D eigenvalue weighted by Gasteiger charge is -2.27. The minimum atomic E-state index is 0.549. The van der Waals surface area contributed by atoms with Crippen LogP contribution in [-0.4, -0.2) is 26.8 Å². The molecular weight excluding hydrogens is 254 g/mol. The molecule has 0 unspecified atom stereocenters. The van der Waals surface area contributed by atoms with Crippen LogP contribution in [0.5, 0.6) is 0 Å². The van der Waals surface area contributed by atoms with Crippen LogP contribution in [-0.2, 0) is 13.5 Å². The Morgan fingerprint density at radius 1 is 1.42 bits per heavy atom. The Morgan fingerprint density at radius 3 is 3.16 bits per heavy atom. The van der Waals surface area contributed by atoms with Crippen LogP contribution in [0.4, 0.5) is 0 Å². The van der Waals surface area contributed by atoms with Crippen LogP contribution in [0.3, 0.4) is 0 Å². The molecule has 1 aromatic heterocycles. The molecule has 0 spiro atoms. The Bertz CT molecular complexity index is 429. The second-order valence-corrected chi connectivity index (χ2v) is 7.45. The van der Waals surface area contributed by atoms with Crippen molar-refractivity contribution in [2.24, 2.45) is 7.05 Å². The van der Waals surface area contributed by atoms with Crippen LogP contribution in [0.2, 0.25) is 0 Å². The number of hydrogen-bond acceptors (Lipinski definition) is 3. The van der Waals surface area contributed by atoms with Crippen LogP contribution < -0.4 is 5.32 Å². The molecule has 1 saturated carbocycles. The van der Waals surface area contributed by atoms with E-state index in [0.29, 0.717) is 6.04 Å². The van der Waals surface area contributed by atoms with E-state index in [1.807, 2.05) is 0 Å². The summed E-state index contributed by atoms with van der Waals surface area (Å²) >= 11 is 2.14. The van der Waals surface area contributed by atoms with Crippen LogP contribution in [0, 0.1) is 0 Å². The molecule has 0 bridgehead atoms. The molecule has 1 aromatic rings. The van der Waals surface area contributed by atoms with Crippen LogP contribution >= 0.6 is 11.8 Å². The molecule has 3 atom stereocenters. The lowest BCUT2D eigenvalue weighted by atomic mass is 9.92. The van der Waals surface area contributed by atoms with Crippen molar-refractivity contribution in [2.75, 3.05) is 5.75 Å². The first-order valence-corrected chi connectivity index (χ1v) is 8.71. The van der Waals surface area contributed by atoms with Gasteiger partial charge in [0.2, 0.25) is 0 Å². The Morgan fingerprint density at radius 2 is 2.32 bits per heavy atom. The van der Waals surface area contributed by atoms with E-state index in [4.69, 9.17) is 0 Å². The summed E-state index contributed by atoms with van der Waals surface area (Å²) in [6, 6.07) is 1.27. The van der Waals surface area contributed by atoms with Gasteiger partial charge in [0.25, 0.3) is 0 Å². The molecule has 19 heavy (non-hydrogen) atoms. The third-order valence-electron chi connectivity index (χ3n) is 4.60. The van der Waals surface area contributed by atoms with Gasteiger partial charge in [-0.15, -0.1) is 0 Å². The molecule has 3 nitrogen and oxygen atoms in total. The first kappa shape index (κ1) is 13.5. The van der Waals surface area contributed by atoms with Crippen molar-refractivity contribution < 1.29 is 0 Å². The Balaban J connectivity index is 1.62. The van der Waals surface area contributed by atoms with Crippen molar-refractivity contribution in [3.05, 3.63) is 17.5 Å². The van der Waals surface area contributed by atoms with Gasteiger partial charge in [0.15, 0.2) is 0 Å². The second kappa shape index (κ2) is 5.88. The maximum absolute atomic E-state index is 4.44. The molecule has 0 amide bonds. The van der Waals surface area contributed by atoms with Gasteiger partial charge in [-0.05, 0) is 44.3 Å². The number of nitrogens with one attached hydrogen (secondary N) is 1. The molecular formula is C15H25N3S. The summed E-state index contributed by atoms with van der Waals surface area (Å²) in [6.07, 6.45) is 9.95. The largest absolute Gasteiger partial charge is 0.307 e. The van der Waals surface area contributed by atoms with E-state index in [9.17, 15) is 0 Å². The average molecular weight is 279 g/mol.